The molecule has 0 radical (unpaired) electrons. The van der Waals surface area contributed by atoms with Crippen LogP contribution in [-0.2, 0) is 4.79 Å². The lowest BCUT2D eigenvalue weighted by Crippen LogP contribution is -2.32. The van der Waals surface area contributed by atoms with Crippen molar-refractivity contribution < 1.29 is 9.53 Å². The van der Waals surface area contributed by atoms with Crippen LogP contribution in [0.3, 0.4) is 0 Å². The summed E-state index contributed by atoms with van der Waals surface area (Å²) in [5, 5.41) is 8.99. The van der Waals surface area contributed by atoms with E-state index in [9.17, 15) is 4.79 Å². The first kappa shape index (κ1) is 14.8. The Bertz CT molecular complexity index is 578. The van der Waals surface area contributed by atoms with Crippen molar-refractivity contribution in [3.05, 3.63) is 18.1 Å². The lowest BCUT2D eigenvalue weighted by Gasteiger charge is -2.19. The molecule has 1 saturated carbocycles. The van der Waals surface area contributed by atoms with Crippen LogP contribution in [0.15, 0.2) is 12.4 Å². The molecule has 6 heteroatoms. The Hall–Kier alpha value is -2.16. The van der Waals surface area contributed by atoms with E-state index in [1.165, 1.54) is 38.1 Å². The van der Waals surface area contributed by atoms with Crippen molar-refractivity contribution in [3.63, 3.8) is 0 Å². The highest BCUT2D eigenvalue weighted by Gasteiger charge is 2.30. The van der Waals surface area contributed by atoms with Crippen molar-refractivity contribution in [1.82, 2.24) is 14.9 Å². The lowest BCUT2D eigenvalue weighted by atomic mass is 10.0. The normalized spacial score (nSPS) is 21.8. The molecule has 6 nitrogen and oxygen atoms in total. The molecule has 2 aliphatic rings. The van der Waals surface area contributed by atoms with E-state index in [0.29, 0.717) is 18.9 Å². The number of carbonyl (C=O) groups is 1. The largest absolute Gasteiger partial charge is 0.470 e. The van der Waals surface area contributed by atoms with E-state index in [2.05, 4.69) is 9.97 Å². The maximum absolute atomic E-state index is 12.3. The van der Waals surface area contributed by atoms with Crippen LogP contribution >= 0.6 is 0 Å². The summed E-state index contributed by atoms with van der Waals surface area (Å²) in [4.78, 5) is 22.2. The van der Waals surface area contributed by atoms with Crippen molar-refractivity contribution >= 4 is 5.91 Å². The SMILES string of the molecule is N#Cc1nccnc1OC1CCN(C(=O)CC2CCCC2)C1. The van der Waals surface area contributed by atoms with Crippen LogP contribution in [0.2, 0.25) is 0 Å². The predicted molar refractivity (Wildman–Crippen MR) is 78.9 cm³/mol. The molecule has 1 unspecified atom stereocenters. The molecule has 1 aromatic heterocycles. The van der Waals surface area contributed by atoms with Gasteiger partial charge in [0.25, 0.3) is 5.88 Å². The van der Waals surface area contributed by atoms with Gasteiger partial charge >= 0.3 is 0 Å². The average molecular weight is 300 g/mol. The number of aromatic nitrogens is 2. The second-order valence-corrected chi connectivity index (χ2v) is 6.04. The fourth-order valence-corrected chi connectivity index (χ4v) is 3.29. The minimum Gasteiger partial charge on any atom is -0.470 e. The molecule has 1 aromatic rings. The summed E-state index contributed by atoms with van der Waals surface area (Å²) >= 11 is 0. The van der Waals surface area contributed by atoms with Gasteiger partial charge in [0.15, 0.2) is 0 Å². The van der Waals surface area contributed by atoms with E-state index in [1.54, 1.807) is 0 Å². The van der Waals surface area contributed by atoms with Gasteiger partial charge in [-0.15, -0.1) is 0 Å². The summed E-state index contributed by atoms with van der Waals surface area (Å²) in [5.41, 5.74) is 0.193. The van der Waals surface area contributed by atoms with Crippen molar-refractivity contribution in [2.24, 2.45) is 5.92 Å². The fourth-order valence-electron chi connectivity index (χ4n) is 3.29. The molecule has 1 aliphatic carbocycles. The number of hydrogen-bond donors (Lipinski definition) is 0. The van der Waals surface area contributed by atoms with Crippen LogP contribution in [0.1, 0.15) is 44.2 Å². The molecule has 2 fully saturated rings. The molecule has 2 heterocycles. The molecule has 0 spiro atoms. The lowest BCUT2D eigenvalue weighted by molar-refractivity contribution is -0.131. The second-order valence-electron chi connectivity index (χ2n) is 6.04. The minimum absolute atomic E-state index is 0.101. The number of nitriles is 1. The van der Waals surface area contributed by atoms with Crippen LogP contribution < -0.4 is 4.74 Å². The summed E-state index contributed by atoms with van der Waals surface area (Å²) in [6, 6.07) is 1.97. The Labute approximate surface area is 130 Å². The summed E-state index contributed by atoms with van der Waals surface area (Å²) in [5.74, 6) is 1.07. The molecular formula is C16H20N4O2. The van der Waals surface area contributed by atoms with Crippen LogP contribution in [0.25, 0.3) is 0 Å². The average Bonchev–Trinajstić information content (AvgIpc) is 3.19. The van der Waals surface area contributed by atoms with Crippen LogP contribution in [0.4, 0.5) is 0 Å². The number of ether oxygens (including phenoxy) is 1. The zero-order valence-electron chi connectivity index (χ0n) is 12.6. The van der Waals surface area contributed by atoms with Gasteiger partial charge < -0.3 is 9.64 Å². The molecule has 1 saturated heterocycles. The molecule has 1 amide bonds. The zero-order chi connectivity index (χ0) is 15.4. The van der Waals surface area contributed by atoms with Crippen molar-refractivity contribution in [2.45, 2.75) is 44.6 Å². The molecule has 3 rings (SSSR count). The second kappa shape index (κ2) is 6.73. The summed E-state index contributed by atoms with van der Waals surface area (Å²) in [6.07, 6.45) is 9.21. The van der Waals surface area contributed by atoms with Gasteiger partial charge in [0.2, 0.25) is 11.6 Å². The fraction of sp³-hybridized carbons (Fsp3) is 0.625. The first-order valence-corrected chi connectivity index (χ1v) is 7.92. The van der Waals surface area contributed by atoms with Gasteiger partial charge in [-0.3, -0.25) is 4.79 Å². The topological polar surface area (TPSA) is 79.1 Å². The summed E-state index contributed by atoms with van der Waals surface area (Å²) in [7, 11) is 0. The number of likely N-dealkylation sites (tertiary alicyclic amines) is 1. The van der Waals surface area contributed by atoms with Crippen LogP contribution in [0.5, 0.6) is 5.88 Å². The minimum atomic E-state index is -0.101. The molecule has 1 atom stereocenters. The third-order valence-electron chi connectivity index (χ3n) is 4.48. The highest BCUT2D eigenvalue weighted by atomic mass is 16.5. The standard InChI is InChI=1S/C16H20N4O2/c17-10-14-16(19-7-6-18-14)22-13-5-8-20(11-13)15(21)9-12-3-1-2-4-12/h6-7,12-13H,1-5,8-9,11H2. The molecule has 1 aliphatic heterocycles. The number of amides is 1. The van der Waals surface area contributed by atoms with Gasteiger partial charge in [-0.25, -0.2) is 9.97 Å². The highest BCUT2D eigenvalue weighted by molar-refractivity contribution is 5.76. The molecule has 116 valence electrons. The van der Waals surface area contributed by atoms with Gasteiger partial charge in [-0.1, -0.05) is 12.8 Å². The maximum Gasteiger partial charge on any atom is 0.251 e. The van der Waals surface area contributed by atoms with Gasteiger partial charge in [-0.2, -0.15) is 5.26 Å². The zero-order valence-corrected chi connectivity index (χ0v) is 12.6. The molecular weight excluding hydrogens is 280 g/mol. The predicted octanol–water partition coefficient (Wildman–Crippen LogP) is 1.91. The monoisotopic (exact) mass is 300 g/mol. The molecule has 0 aromatic carbocycles. The van der Waals surface area contributed by atoms with E-state index in [0.717, 1.165) is 13.0 Å². The third kappa shape index (κ3) is 3.35. The molecule has 0 bridgehead atoms. The van der Waals surface area contributed by atoms with E-state index < -0.39 is 0 Å². The van der Waals surface area contributed by atoms with E-state index in [-0.39, 0.29) is 23.6 Å². The van der Waals surface area contributed by atoms with Crippen molar-refractivity contribution in [3.8, 4) is 11.9 Å². The third-order valence-corrected chi connectivity index (χ3v) is 4.48. The Morgan fingerprint density at radius 1 is 1.32 bits per heavy atom. The number of nitrogens with zero attached hydrogens (tertiary/aromatic N) is 4. The molecule has 0 N–H and O–H groups in total. The van der Waals surface area contributed by atoms with Gasteiger partial charge in [-0.05, 0) is 18.8 Å². The summed E-state index contributed by atoms with van der Waals surface area (Å²) in [6.45, 7) is 1.30. The van der Waals surface area contributed by atoms with Crippen molar-refractivity contribution in [2.75, 3.05) is 13.1 Å². The smallest absolute Gasteiger partial charge is 0.251 e. The van der Waals surface area contributed by atoms with Crippen LogP contribution in [0, 0.1) is 17.2 Å². The first-order valence-electron chi connectivity index (χ1n) is 7.92. The number of carbonyl (C=O) groups excluding carboxylic acids is 1. The maximum atomic E-state index is 12.3. The number of hydrogen-bond acceptors (Lipinski definition) is 5. The van der Waals surface area contributed by atoms with Crippen LogP contribution in [-0.4, -0.2) is 40.0 Å². The van der Waals surface area contributed by atoms with E-state index in [4.69, 9.17) is 10.00 Å². The highest BCUT2D eigenvalue weighted by Crippen LogP contribution is 2.29. The summed E-state index contributed by atoms with van der Waals surface area (Å²) < 4.78 is 5.76. The Morgan fingerprint density at radius 2 is 2.09 bits per heavy atom. The Kier molecular flexibility index (Phi) is 4.52. The van der Waals surface area contributed by atoms with E-state index in [1.807, 2.05) is 11.0 Å². The first-order chi connectivity index (χ1) is 10.8. The molecule has 22 heavy (non-hydrogen) atoms. The Morgan fingerprint density at radius 3 is 2.86 bits per heavy atom. The van der Waals surface area contributed by atoms with Gasteiger partial charge in [0, 0.05) is 31.8 Å². The Balaban J connectivity index is 1.53. The van der Waals surface area contributed by atoms with Gasteiger partial charge in [0.1, 0.15) is 12.2 Å². The number of rotatable bonds is 4. The van der Waals surface area contributed by atoms with E-state index >= 15 is 0 Å². The van der Waals surface area contributed by atoms with Crippen molar-refractivity contribution in [1.29, 1.82) is 5.26 Å². The van der Waals surface area contributed by atoms with Gasteiger partial charge in [0.05, 0.1) is 6.54 Å². The quantitative estimate of drug-likeness (QED) is 0.848.